The van der Waals surface area contributed by atoms with Gasteiger partial charge in [0.25, 0.3) is 5.91 Å². The number of amides is 1. The molecule has 0 unspecified atom stereocenters. The zero-order valence-electron chi connectivity index (χ0n) is 14.6. The van der Waals surface area contributed by atoms with Gasteiger partial charge in [0.05, 0.1) is 12.0 Å². The van der Waals surface area contributed by atoms with E-state index in [0.717, 1.165) is 0 Å². The molecule has 0 spiro atoms. The average Bonchev–Trinajstić information content (AvgIpc) is 2.45. The van der Waals surface area contributed by atoms with Crippen molar-refractivity contribution < 1.29 is 19.4 Å². The smallest absolute Gasteiger partial charge is 0.305 e. The highest BCUT2D eigenvalue weighted by atomic mass is 16.5. The van der Waals surface area contributed by atoms with Gasteiger partial charge in [-0.05, 0) is 57.9 Å². The maximum absolute atomic E-state index is 12.4. The summed E-state index contributed by atoms with van der Waals surface area (Å²) in [6.45, 7) is 9.63. The monoisotopic (exact) mass is 321 g/mol. The molecule has 0 heterocycles. The van der Waals surface area contributed by atoms with E-state index >= 15 is 0 Å². The van der Waals surface area contributed by atoms with Crippen molar-refractivity contribution in [1.29, 1.82) is 0 Å². The molecular formula is C18H27NO4. The summed E-state index contributed by atoms with van der Waals surface area (Å²) in [7, 11) is 0. The van der Waals surface area contributed by atoms with Crippen LogP contribution >= 0.6 is 0 Å². The van der Waals surface area contributed by atoms with Crippen LogP contribution in [-0.2, 0) is 4.79 Å². The van der Waals surface area contributed by atoms with Crippen LogP contribution in [0.15, 0.2) is 24.3 Å². The van der Waals surface area contributed by atoms with Crippen molar-refractivity contribution in [3.63, 3.8) is 0 Å². The molecule has 0 aliphatic heterocycles. The van der Waals surface area contributed by atoms with E-state index < -0.39 is 11.5 Å². The Morgan fingerprint density at radius 1 is 1.09 bits per heavy atom. The molecule has 0 fully saturated rings. The number of rotatable bonds is 7. The van der Waals surface area contributed by atoms with E-state index in [9.17, 15) is 9.59 Å². The van der Waals surface area contributed by atoms with Crippen molar-refractivity contribution in [2.45, 2.75) is 65.0 Å². The highest BCUT2D eigenvalue weighted by Crippen LogP contribution is 2.22. The number of carboxylic acid groups (broad SMARTS) is 1. The second kappa shape index (κ2) is 7.49. The summed E-state index contributed by atoms with van der Waals surface area (Å²) >= 11 is 0. The summed E-state index contributed by atoms with van der Waals surface area (Å²) < 4.78 is 5.72. The van der Waals surface area contributed by atoms with Crippen LogP contribution in [0.3, 0.4) is 0 Å². The Balaban J connectivity index is 2.86. The molecule has 0 aromatic heterocycles. The third kappa shape index (κ3) is 5.93. The molecule has 128 valence electrons. The number of benzene rings is 1. The molecule has 0 radical (unpaired) electrons. The lowest BCUT2D eigenvalue weighted by Gasteiger charge is -2.31. The Kier molecular flexibility index (Phi) is 6.19. The summed E-state index contributed by atoms with van der Waals surface area (Å²) in [6.07, 6.45) is 1.04. The maximum atomic E-state index is 12.4. The molecule has 0 bridgehead atoms. The number of aliphatic carboxylic acids is 1. The van der Waals surface area contributed by atoms with Crippen molar-refractivity contribution in [2.24, 2.45) is 0 Å². The van der Waals surface area contributed by atoms with Gasteiger partial charge in [0.1, 0.15) is 11.4 Å². The quantitative estimate of drug-likeness (QED) is 0.804. The summed E-state index contributed by atoms with van der Waals surface area (Å²) in [6, 6.07) is 6.87. The third-order valence-corrected chi connectivity index (χ3v) is 3.76. The van der Waals surface area contributed by atoms with Gasteiger partial charge in [0.2, 0.25) is 0 Å². The molecule has 0 atom stereocenters. The second-order valence-corrected chi connectivity index (χ2v) is 6.75. The fraction of sp³-hybridized carbons (Fsp3) is 0.556. The Labute approximate surface area is 138 Å². The third-order valence-electron chi connectivity index (χ3n) is 3.76. The lowest BCUT2D eigenvalue weighted by atomic mass is 9.88. The van der Waals surface area contributed by atoms with E-state index in [1.165, 1.54) is 0 Å². The fourth-order valence-corrected chi connectivity index (χ4v) is 2.35. The van der Waals surface area contributed by atoms with Gasteiger partial charge in [-0.15, -0.1) is 0 Å². The van der Waals surface area contributed by atoms with Crippen LogP contribution in [0.4, 0.5) is 0 Å². The Morgan fingerprint density at radius 3 is 2.00 bits per heavy atom. The van der Waals surface area contributed by atoms with Gasteiger partial charge >= 0.3 is 5.97 Å². The van der Waals surface area contributed by atoms with Crippen LogP contribution in [0.25, 0.3) is 0 Å². The zero-order chi connectivity index (χ0) is 17.7. The van der Waals surface area contributed by atoms with Gasteiger partial charge in [-0.3, -0.25) is 9.59 Å². The first-order valence-electron chi connectivity index (χ1n) is 7.94. The number of carbonyl (C=O) groups excluding carboxylic acids is 1. The summed E-state index contributed by atoms with van der Waals surface area (Å²) in [5, 5.41) is 12.0. The Morgan fingerprint density at radius 2 is 1.61 bits per heavy atom. The largest absolute Gasteiger partial charge is 0.488 e. The molecule has 0 saturated carbocycles. The Hall–Kier alpha value is -2.04. The highest BCUT2D eigenvalue weighted by molar-refractivity contribution is 5.95. The molecule has 0 aliphatic rings. The molecule has 5 heteroatoms. The number of carbonyl (C=O) groups is 2. The van der Waals surface area contributed by atoms with Crippen molar-refractivity contribution in [1.82, 2.24) is 5.32 Å². The lowest BCUT2D eigenvalue weighted by Crippen LogP contribution is -2.49. The van der Waals surface area contributed by atoms with Gasteiger partial charge in [-0.2, -0.15) is 0 Å². The van der Waals surface area contributed by atoms with Gasteiger partial charge in [-0.25, -0.2) is 0 Å². The first-order valence-corrected chi connectivity index (χ1v) is 7.94. The topological polar surface area (TPSA) is 75.6 Å². The summed E-state index contributed by atoms with van der Waals surface area (Å²) in [4.78, 5) is 23.5. The molecule has 1 rings (SSSR count). The molecular weight excluding hydrogens is 294 g/mol. The zero-order valence-corrected chi connectivity index (χ0v) is 14.6. The van der Waals surface area contributed by atoms with Gasteiger partial charge in [0, 0.05) is 5.56 Å². The van der Waals surface area contributed by atoms with Crippen LogP contribution in [-0.4, -0.2) is 28.1 Å². The Bertz CT molecular complexity index is 539. The molecule has 0 saturated heterocycles. The minimum absolute atomic E-state index is 0.0864. The van der Waals surface area contributed by atoms with Gasteiger partial charge in [-0.1, -0.05) is 13.8 Å². The van der Waals surface area contributed by atoms with E-state index in [4.69, 9.17) is 9.84 Å². The van der Waals surface area contributed by atoms with Crippen LogP contribution < -0.4 is 10.1 Å². The van der Waals surface area contributed by atoms with Crippen LogP contribution in [0, 0.1) is 0 Å². The molecule has 2 N–H and O–H groups in total. The van der Waals surface area contributed by atoms with E-state index in [-0.39, 0.29) is 17.9 Å². The number of ether oxygens (including phenoxy) is 1. The van der Waals surface area contributed by atoms with Crippen molar-refractivity contribution in [3.05, 3.63) is 29.8 Å². The number of hydrogen-bond donors (Lipinski definition) is 2. The first-order chi connectivity index (χ1) is 10.6. The fourth-order valence-electron chi connectivity index (χ4n) is 2.35. The normalized spacial score (nSPS) is 11.9. The molecule has 1 aromatic carbocycles. The molecule has 23 heavy (non-hydrogen) atoms. The molecule has 1 aromatic rings. The van der Waals surface area contributed by atoms with Crippen LogP contribution in [0.1, 0.15) is 64.2 Å². The van der Waals surface area contributed by atoms with E-state index in [1.54, 1.807) is 24.3 Å². The van der Waals surface area contributed by atoms with E-state index in [0.29, 0.717) is 24.2 Å². The average molecular weight is 321 g/mol. The van der Waals surface area contributed by atoms with Crippen molar-refractivity contribution in [2.75, 3.05) is 0 Å². The SMILES string of the molecule is CCC(CC)(CC(=O)O)NC(=O)c1ccc(OC(C)(C)C)cc1. The van der Waals surface area contributed by atoms with Gasteiger partial charge < -0.3 is 15.2 Å². The maximum Gasteiger partial charge on any atom is 0.305 e. The summed E-state index contributed by atoms with van der Waals surface area (Å²) in [5.74, 6) is -0.489. The standard InChI is InChI=1S/C18H27NO4/c1-6-18(7-2,12-15(20)21)19-16(22)13-8-10-14(11-9-13)23-17(3,4)5/h8-11H,6-7,12H2,1-5H3,(H,19,22)(H,20,21). The summed E-state index contributed by atoms with van der Waals surface area (Å²) in [5.41, 5.74) is -0.531. The number of nitrogens with one attached hydrogen (secondary N) is 1. The van der Waals surface area contributed by atoms with Crippen LogP contribution in [0.2, 0.25) is 0 Å². The predicted octanol–water partition coefficient (Wildman–Crippen LogP) is 3.63. The molecule has 0 aliphatic carbocycles. The highest BCUT2D eigenvalue weighted by Gasteiger charge is 2.31. The van der Waals surface area contributed by atoms with E-state index in [1.807, 2.05) is 34.6 Å². The second-order valence-electron chi connectivity index (χ2n) is 6.75. The van der Waals surface area contributed by atoms with Crippen molar-refractivity contribution >= 4 is 11.9 Å². The molecule has 5 nitrogen and oxygen atoms in total. The van der Waals surface area contributed by atoms with Crippen LogP contribution in [0.5, 0.6) is 5.75 Å². The number of hydrogen-bond acceptors (Lipinski definition) is 3. The first kappa shape index (κ1) is 19.0. The predicted molar refractivity (Wildman–Crippen MR) is 89.9 cm³/mol. The van der Waals surface area contributed by atoms with Crippen molar-refractivity contribution in [3.8, 4) is 5.75 Å². The van der Waals surface area contributed by atoms with E-state index in [2.05, 4.69) is 5.32 Å². The van der Waals surface area contributed by atoms with Gasteiger partial charge in [0.15, 0.2) is 0 Å². The lowest BCUT2D eigenvalue weighted by molar-refractivity contribution is -0.138. The number of carboxylic acids is 1. The minimum atomic E-state index is -0.914. The minimum Gasteiger partial charge on any atom is -0.488 e. The molecule has 1 amide bonds.